The Labute approximate surface area is 169 Å². The van der Waals surface area contributed by atoms with Gasteiger partial charge in [-0.15, -0.1) is 11.3 Å². The van der Waals surface area contributed by atoms with Crippen molar-refractivity contribution in [1.82, 2.24) is 14.8 Å². The minimum Gasteiger partial charge on any atom is -0.503 e. The Morgan fingerprint density at radius 3 is 2.64 bits per heavy atom. The standard InChI is InChI=1S/C21H25N3O3S/c1-3-23(4-2)12-8-13-24-18(15-9-5-6-11-22-15)17(20(26)21(24)27)19(25)16-10-7-14-28-16/h5-7,9-11,14,18,26H,3-4,8,12-13H2,1-2H3/t18-/m1/s1. The lowest BCUT2D eigenvalue weighted by atomic mass is 9.99. The second-order valence-corrected chi connectivity index (χ2v) is 7.55. The van der Waals surface area contributed by atoms with E-state index in [0.717, 1.165) is 26.1 Å². The van der Waals surface area contributed by atoms with E-state index in [2.05, 4.69) is 23.7 Å². The summed E-state index contributed by atoms with van der Waals surface area (Å²) in [6, 6.07) is 8.22. The molecule has 6 nitrogen and oxygen atoms in total. The first-order valence-corrected chi connectivity index (χ1v) is 10.4. The van der Waals surface area contributed by atoms with Gasteiger partial charge in [-0.3, -0.25) is 14.6 Å². The van der Waals surface area contributed by atoms with E-state index >= 15 is 0 Å². The average molecular weight is 400 g/mol. The molecular formula is C21H25N3O3S. The molecule has 0 aliphatic carbocycles. The number of nitrogens with zero attached hydrogens (tertiary/aromatic N) is 3. The third kappa shape index (κ3) is 4.00. The van der Waals surface area contributed by atoms with Gasteiger partial charge in [0.15, 0.2) is 5.76 Å². The van der Waals surface area contributed by atoms with Crippen LogP contribution in [0.3, 0.4) is 0 Å². The van der Waals surface area contributed by atoms with Crippen molar-refractivity contribution < 1.29 is 14.7 Å². The highest BCUT2D eigenvalue weighted by molar-refractivity contribution is 7.12. The predicted molar refractivity (Wildman–Crippen MR) is 109 cm³/mol. The number of hydrogen-bond donors (Lipinski definition) is 1. The van der Waals surface area contributed by atoms with Crippen molar-refractivity contribution in [2.75, 3.05) is 26.2 Å². The van der Waals surface area contributed by atoms with E-state index in [1.54, 1.807) is 40.7 Å². The minimum absolute atomic E-state index is 0.119. The number of carbonyl (C=O) groups excluding carboxylic acids is 2. The third-order valence-electron chi connectivity index (χ3n) is 5.03. The first-order chi connectivity index (χ1) is 13.6. The van der Waals surface area contributed by atoms with Gasteiger partial charge in [0.05, 0.1) is 16.1 Å². The molecule has 0 spiro atoms. The van der Waals surface area contributed by atoms with Gasteiger partial charge in [0.1, 0.15) is 6.04 Å². The number of thiophene rings is 1. The van der Waals surface area contributed by atoms with E-state index in [1.165, 1.54) is 11.3 Å². The van der Waals surface area contributed by atoms with Gasteiger partial charge in [-0.1, -0.05) is 26.0 Å². The van der Waals surface area contributed by atoms with Crippen LogP contribution >= 0.6 is 11.3 Å². The van der Waals surface area contributed by atoms with Gasteiger partial charge >= 0.3 is 0 Å². The largest absolute Gasteiger partial charge is 0.503 e. The number of Topliss-reactive ketones (excluding diaryl/α,β-unsaturated/α-hetero) is 1. The summed E-state index contributed by atoms with van der Waals surface area (Å²) in [6.07, 6.45) is 2.39. The maximum absolute atomic E-state index is 13.0. The molecule has 1 amide bonds. The molecule has 0 aromatic carbocycles. The lowest BCUT2D eigenvalue weighted by Gasteiger charge is -2.27. The normalized spacial score (nSPS) is 17.0. The fraction of sp³-hybridized carbons (Fsp3) is 0.381. The first-order valence-electron chi connectivity index (χ1n) is 9.54. The highest BCUT2D eigenvalue weighted by Crippen LogP contribution is 2.38. The summed E-state index contributed by atoms with van der Waals surface area (Å²) in [5, 5.41) is 12.4. The Morgan fingerprint density at radius 1 is 1.25 bits per heavy atom. The third-order valence-corrected chi connectivity index (χ3v) is 5.90. The molecule has 148 valence electrons. The Bertz CT molecular complexity index is 845. The van der Waals surface area contributed by atoms with Crippen LogP contribution in [-0.2, 0) is 4.79 Å². The average Bonchev–Trinajstić information content (AvgIpc) is 3.34. The van der Waals surface area contributed by atoms with Crippen LogP contribution in [0.1, 0.15) is 41.7 Å². The number of hydrogen-bond acceptors (Lipinski definition) is 6. The van der Waals surface area contributed by atoms with Crippen molar-refractivity contribution in [2.24, 2.45) is 0 Å². The minimum atomic E-state index is -0.667. The van der Waals surface area contributed by atoms with Gasteiger partial charge in [-0.05, 0) is 49.6 Å². The van der Waals surface area contributed by atoms with Gasteiger partial charge in [0.25, 0.3) is 5.91 Å². The Morgan fingerprint density at radius 2 is 2.04 bits per heavy atom. The maximum atomic E-state index is 13.0. The summed E-state index contributed by atoms with van der Waals surface area (Å²) in [5.74, 6) is -1.28. The number of carbonyl (C=O) groups is 2. The van der Waals surface area contributed by atoms with Gasteiger partial charge in [0, 0.05) is 12.7 Å². The van der Waals surface area contributed by atoms with Gasteiger partial charge in [0.2, 0.25) is 5.78 Å². The van der Waals surface area contributed by atoms with Crippen molar-refractivity contribution in [3.8, 4) is 0 Å². The lowest BCUT2D eigenvalue weighted by Crippen LogP contribution is -2.34. The molecule has 0 fully saturated rings. The first kappa shape index (κ1) is 20.2. The van der Waals surface area contributed by atoms with Crippen LogP contribution in [0.5, 0.6) is 0 Å². The van der Waals surface area contributed by atoms with Crippen molar-refractivity contribution in [2.45, 2.75) is 26.3 Å². The fourth-order valence-electron chi connectivity index (χ4n) is 3.51. The summed E-state index contributed by atoms with van der Waals surface area (Å²) in [7, 11) is 0. The zero-order valence-electron chi connectivity index (χ0n) is 16.2. The summed E-state index contributed by atoms with van der Waals surface area (Å²) >= 11 is 1.30. The number of aliphatic hydroxyl groups excluding tert-OH is 1. The van der Waals surface area contributed by atoms with E-state index < -0.39 is 17.7 Å². The molecule has 0 bridgehead atoms. The zero-order valence-corrected chi connectivity index (χ0v) is 17.0. The monoisotopic (exact) mass is 399 g/mol. The molecule has 1 aliphatic heterocycles. The van der Waals surface area contributed by atoms with Crippen molar-refractivity contribution >= 4 is 23.0 Å². The molecule has 1 aliphatic rings. The highest BCUT2D eigenvalue weighted by Gasteiger charge is 2.44. The van der Waals surface area contributed by atoms with Crippen LogP contribution in [0, 0.1) is 0 Å². The van der Waals surface area contributed by atoms with E-state index in [-0.39, 0.29) is 11.4 Å². The molecule has 3 heterocycles. The number of pyridine rings is 1. The SMILES string of the molecule is CCN(CC)CCCN1C(=O)C(O)=C(C(=O)c2cccs2)[C@H]1c1ccccn1. The van der Waals surface area contributed by atoms with E-state index in [4.69, 9.17) is 0 Å². The van der Waals surface area contributed by atoms with Crippen LogP contribution in [-0.4, -0.2) is 57.8 Å². The molecule has 28 heavy (non-hydrogen) atoms. The summed E-state index contributed by atoms with van der Waals surface area (Å²) in [6.45, 7) is 7.39. The molecule has 2 aromatic heterocycles. The Kier molecular flexibility index (Phi) is 6.59. The number of amides is 1. The van der Waals surface area contributed by atoms with Crippen LogP contribution in [0.15, 0.2) is 53.2 Å². The molecule has 1 N–H and O–H groups in total. The second kappa shape index (κ2) is 9.12. The van der Waals surface area contributed by atoms with E-state index in [9.17, 15) is 14.7 Å². The molecule has 0 unspecified atom stereocenters. The number of ketones is 1. The number of aliphatic hydroxyl groups is 1. The van der Waals surface area contributed by atoms with Crippen molar-refractivity contribution in [1.29, 1.82) is 0 Å². The molecule has 2 aromatic rings. The van der Waals surface area contributed by atoms with Crippen molar-refractivity contribution in [3.05, 3.63) is 63.8 Å². The molecule has 0 saturated carbocycles. The molecule has 7 heteroatoms. The Balaban J connectivity index is 1.90. The fourth-order valence-corrected chi connectivity index (χ4v) is 4.18. The molecular weight excluding hydrogens is 374 g/mol. The van der Waals surface area contributed by atoms with Crippen LogP contribution < -0.4 is 0 Å². The second-order valence-electron chi connectivity index (χ2n) is 6.60. The van der Waals surface area contributed by atoms with Crippen LogP contribution in [0.2, 0.25) is 0 Å². The topological polar surface area (TPSA) is 73.7 Å². The van der Waals surface area contributed by atoms with Gasteiger partial charge < -0.3 is 14.9 Å². The molecule has 0 radical (unpaired) electrons. The predicted octanol–water partition coefficient (Wildman–Crippen LogP) is 3.45. The summed E-state index contributed by atoms with van der Waals surface area (Å²) in [5.41, 5.74) is 0.705. The summed E-state index contributed by atoms with van der Waals surface area (Å²) < 4.78 is 0. The van der Waals surface area contributed by atoms with Crippen LogP contribution in [0.25, 0.3) is 0 Å². The van der Waals surface area contributed by atoms with Crippen LogP contribution in [0.4, 0.5) is 0 Å². The quantitative estimate of drug-likeness (QED) is 0.654. The van der Waals surface area contributed by atoms with Gasteiger partial charge in [-0.25, -0.2) is 0 Å². The number of rotatable bonds is 9. The zero-order chi connectivity index (χ0) is 20.1. The van der Waals surface area contributed by atoms with E-state index in [0.29, 0.717) is 17.1 Å². The molecule has 1 atom stereocenters. The number of aromatic nitrogens is 1. The van der Waals surface area contributed by atoms with E-state index in [1.807, 2.05) is 6.07 Å². The lowest BCUT2D eigenvalue weighted by molar-refractivity contribution is -0.129. The molecule has 3 rings (SSSR count). The maximum Gasteiger partial charge on any atom is 0.290 e. The summed E-state index contributed by atoms with van der Waals surface area (Å²) in [4.78, 5) is 34.6. The van der Waals surface area contributed by atoms with Crippen molar-refractivity contribution in [3.63, 3.8) is 0 Å². The molecule has 0 saturated heterocycles. The van der Waals surface area contributed by atoms with Gasteiger partial charge in [-0.2, -0.15) is 0 Å². The smallest absolute Gasteiger partial charge is 0.290 e. The highest BCUT2D eigenvalue weighted by atomic mass is 32.1. The Hall–Kier alpha value is -2.51.